The third-order valence-electron chi connectivity index (χ3n) is 4.16. The number of sulfone groups is 1. The number of amides is 1. The van der Waals surface area contributed by atoms with Crippen molar-refractivity contribution in [2.75, 3.05) is 35.4 Å². The molecule has 0 spiro atoms. The molecule has 2 heterocycles. The van der Waals surface area contributed by atoms with Crippen molar-refractivity contribution in [1.82, 2.24) is 0 Å². The Morgan fingerprint density at radius 2 is 2.04 bits per heavy atom. The number of carbonyl (C=O) groups excluding carboxylic acids is 1. The van der Waals surface area contributed by atoms with Crippen molar-refractivity contribution in [3.63, 3.8) is 0 Å². The highest BCUT2D eigenvalue weighted by Crippen LogP contribution is 2.41. The Hall–Kier alpha value is -2.05. The molecular weight excluding hydrogens is 360 g/mol. The second-order valence-electron chi connectivity index (χ2n) is 6.20. The molecule has 0 radical (unpaired) electrons. The maximum atomic E-state index is 12.0. The van der Waals surface area contributed by atoms with Crippen LogP contribution in [-0.4, -0.2) is 56.4 Å². The van der Waals surface area contributed by atoms with Gasteiger partial charge < -0.3 is 9.80 Å². The molecule has 25 heavy (non-hydrogen) atoms. The second-order valence-corrected chi connectivity index (χ2v) is 9.56. The standard InChI is InChI=1S/C16H18N4O3S2/c1-19(2)11-3-5-12(6-4-11)20-13-9-25(22,23)10-14(13)24-16(20)18-15(21)7-8-17/h3-6,13-14H,7,9-10H2,1-2H3/t13-,14-/m0/s1. The van der Waals surface area contributed by atoms with Crippen molar-refractivity contribution >= 4 is 44.0 Å². The van der Waals surface area contributed by atoms with Gasteiger partial charge >= 0.3 is 0 Å². The van der Waals surface area contributed by atoms with Gasteiger partial charge in [0.25, 0.3) is 5.91 Å². The van der Waals surface area contributed by atoms with Gasteiger partial charge in [0, 0.05) is 30.7 Å². The number of carbonyl (C=O) groups is 1. The molecule has 1 aromatic carbocycles. The molecule has 132 valence electrons. The summed E-state index contributed by atoms with van der Waals surface area (Å²) in [4.78, 5) is 19.6. The lowest BCUT2D eigenvalue weighted by atomic mass is 10.2. The Morgan fingerprint density at radius 3 is 2.64 bits per heavy atom. The maximum absolute atomic E-state index is 12.0. The summed E-state index contributed by atoms with van der Waals surface area (Å²) in [7, 11) is 0.783. The zero-order valence-electron chi connectivity index (χ0n) is 13.9. The summed E-state index contributed by atoms with van der Waals surface area (Å²) in [5.74, 6) is -0.381. The van der Waals surface area contributed by atoms with Crippen LogP contribution < -0.4 is 9.80 Å². The Kier molecular flexibility index (Phi) is 4.75. The second kappa shape index (κ2) is 6.69. The lowest BCUT2D eigenvalue weighted by Gasteiger charge is -2.25. The molecule has 0 aromatic heterocycles. The van der Waals surface area contributed by atoms with E-state index in [0.29, 0.717) is 5.17 Å². The van der Waals surface area contributed by atoms with Crippen LogP contribution in [0.2, 0.25) is 0 Å². The zero-order chi connectivity index (χ0) is 18.2. The van der Waals surface area contributed by atoms with Gasteiger partial charge in [0.1, 0.15) is 6.42 Å². The van der Waals surface area contributed by atoms with Gasteiger partial charge in [0.2, 0.25) is 0 Å². The first-order valence-electron chi connectivity index (χ1n) is 7.73. The SMILES string of the molecule is CN(C)c1ccc(N2C(=NC(=O)CC#N)S[C@H]3CS(=O)(=O)C[C@@H]32)cc1. The number of hydrogen-bond acceptors (Lipinski definition) is 6. The predicted molar refractivity (Wildman–Crippen MR) is 99.7 cm³/mol. The van der Waals surface area contributed by atoms with E-state index in [2.05, 4.69) is 4.99 Å². The quantitative estimate of drug-likeness (QED) is 0.782. The van der Waals surface area contributed by atoms with Crippen LogP contribution in [0, 0.1) is 11.3 Å². The van der Waals surface area contributed by atoms with Gasteiger partial charge in [-0.1, -0.05) is 11.8 Å². The van der Waals surface area contributed by atoms with E-state index < -0.39 is 15.7 Å². The zero-order valence-corrected chi connectivity index (χ0v) is 15.5. The number of thioether (sulfide) groups is 1. The number of fused-ring (bicyclic) bond motifs is 1. The molecule has 9 heteroatoms. The molecule has 0 saturated carbocycles. The molecule has 3 rings (SSSR count). The van der Waals surface area contributed by atoms with Gasteiger partial charge in [-0.15, -0.1) is 0 Å². The van der Waals surface area contributed by atoms with Crippen molar-refractivity contribution in [3.8, 4) is 6.07 Å². The summed E-state index contributed by atoms with van der Waals surface area (Å²) in [5, 5.41) is 8.99. The number of hydrogen-bond donors (Lipinski definition) is 0. The largest absolute Gasteiger partial charge is 0.378 e. The summed E-state index contributed by atoms with van der Waals surface area (Å²) < 4.78 is 24.0. The van der Waals surface area contributed by atoms with E-state index in [-0.39, 0.29) is 29.2 Å². The van der Waals surface area contributed by atoms with Crippen LogP contribution in [0.25, 0.3) is 0 Å². The highest BCUT2D eigenvalue weighted by Gasteiger charge is 2.49. The first kappa shape index (κ1) is 17.8. The summed E-state index contributed by atoms with van der Waals surface area (Å²) in [6.45, 7) is 0. The fraction of sp³-hybridized carbons (Fsp3) is 0.438. The molecule has 2 atom stereocenters. The van der Waals surface area contributed by atoms with E-state index in [9.17, 15) is 13.2 Å². The van der Waals surface area contributed by atoms with Gasteiger partial charge in [0.15, 0.2) is 15.0 Å². The molecule has 7 nitrogen and oxygen atoms in total. The summed E-state index contributed by atoms with van der Waals surface area (Å²) >= 11 is 1.31. The molecule has 1 amide bonds. The van der Waals surface area contributed by atoms with Crippen LogP contribution in [0.4, 0.5) is 11.4 Å². The number of rotatable bonds is 3. The predicted octanol–water partition coefficient (Wildman–Crippen LogP) is 1.27. The summed E-state index contributed by atoms with van der Waals surface area (Å²) in [6, 6.07) is 9.22. The Labute approximate surface area is 151 Å². The molecule has 2 aliphatic rings. The highest BCUT2D eigenvalue weighted by molar-refractivity contribution is 8.16. The van der Waals surface area contributed by atoms with E-state index in [0.717, 1.165) is 11.4 Å². The number of nitrogens with zero attached hydrogens (tertiary/aromatic N) is 4. The first-order chi connectivity index (χ1) is 11.8. The average molecular weight is 378 g/mol. The topological polar surface area (TPSA) is 93.8 Å². The van der Waals surface area contributed by atoms with Crippen molar-refractivity contribution in [2.24, 2.45) is 4.99 Å². The van der Waals surface area contributed by atoms with E-state index in [1.807, 2.05) is 48.2 Å². The fourth-order valence-corrected chi connectivity index (χ4v) is 6.92. The van der Waals surface area contributed by atoms with Gasteiger partial charge in [-0.3, -0.25) is 4.79 Å². The number of amidine groups is 1. The number of anilines is 2. The molecule has 1 aromatic rings. The van der Waals surface area contributed by atoms with Gasteiger partial charge in [-0.05, 0) is 24.3 Å². The Balaban J connectivity index is 1.97. The van der Waals surface area contributed by atoms with Crippen LogP contribution in [-0.2, 0) is 14.6 Å². The molecule has 0 aliphatic carbocycles. The molecule has 0 N–H and O–H groups in total. The van der Waals surface area contributed by atoms with Crippen molar-refractivity contribution < 1.29 is 13.2 Å². The minimum Gasteiger partial charge on any atom is -0.378 e. The molecule has 2 fully saturated rings. The summed E-state index contributed by atoms with van der Waals surface area (Å²) in [5.41, 5.74) is 1.82. The molecule has 0 unspecified atom stereocenters. The molecular formula is C16H18N4O3S2. The van der Waals surface area contributed by atoms with E-state index >= 15 is 0 Å². The fourth-order valence-electron chi connectivity index (χ4n) is 2.99. The number of aliphatic imine (C=N–C) groups is 1. The van der Waals surface area contributed by atoms with Gasteiger partial charge in [-0.2, -0.15) is 10.3 Å². The van der Waals surface area contributed by atoms with E-state index in [1.165, 1.54) is 11.8 Å². The van der Waals surface area contributed by atoms with Crippen LogP contribution >= 0.6 is 11.8 Å². The van der Waals surface area contributed by atoms with E-state index in [4.69, 9.17) is 5.26 Å². The third-order valence-corrected chi connectivity index (χ3v) is 7.37. The third kappa shape index (κ3) is 3.65. The number of nitriles is 1. The normalized spacial score (nSPS) is 25.6. The van der Waals surface area contributed by atoms with Crippen molar-refractivity contribution in [3.05, 3.63) is 24.3 Å². The molecule has 2 saturated heterocycles. The lowest BCUT2D eigenvalue weighted by molar-refractivity contribution is -0.116. The average Bonchev–Trinajstić information content (AvgIpc) is 2.98. The number of benzene rings is 1. The van der Waals surface area contributed by atoms with Gasteiger partial charge in [-0.25, -0.2) is 8.42 Å². The Morgan fingerprint density at radius 1 is 1.36 bits per heavy atom. The first-order valence-corrected chi connectivity index (χ1v) is 10.4. The minimum atomic E-state index is -3.09. The smallest absolute Gasteiger partial charge is 0.262 e. The lowest BCUT2D eigenvalue weighted by Crippen LogP contribution is -2.37. The minimum absolute atomic E-state index is 0.0472. The van der Waals surface area contributed by atoms with Crippen LogP contribution in [0.15, 0.2) is 29.3 Å². The van der Waals surface area contributed by atoms with Crippen LogP contribution in [0.3, 0.4) is 0 Å². The van der Waals surface area contributed by atoms with Gasteiger partial charge in [0.05, 0.1) is 23.6 Å². The van der Waals surface area contributed by atoms with Crippen LogP contribution in [0.1, 0.15) is 6.42 Å². The van der Waals surface area contributed by atoms with Crippen LogP contribution in [0.5, 0.6) is 0 Å². The monoisotopic (exact) mass is 378 g/mol. The van der Waals surface area contributed by atoms with Crippen molar-refractivity contribution in [2.45, 2.75) is 17.7 Å². The molecule has 0 bridgehead atoms. The highest BCUT2D eigenvalue weighted by atomic mass is 32.2. The Bertz CT molecular complexity index is 856. The summed E-state index contributed by atoms with van der Waals surface area (Å²) in [6.07, 6.45) is -0.287. The van der Waals surface area contributed by atoms with Crippen molar-refractivity contribution in [1.29, 1.82) is 5.26 Å². The van der Waals surface area contributed by atoms with E-state index in [1.54, 1.807) is 6.07 Å². The maximum Gasteiger partial charge on any atom is 0.262 e. The molecule has 2 aliphatic heterocycles.